The summed E-state index contributed by atoms with van der Waals surface area (Å²) < 4.78 is 5.29. The van der Waals surface area contributed by atoms with Crippen molar-refractivity contribution in [2.24, 2.45) is 0 Å². The number of nitrogen functional groups attached to an aromatic ring is 1. The Kier molecular flexibility index (Phi) is 4.10. The minimum Gasteiger partial charge on any atom is -0.494 e. The molecule has 0 amide bonds. The van der Waals surface area contributed by atoms with Gasteiger partial charge >= 0.3 is 8.80 Å². The van der Waals surface area contributed by atoms with Gasteiger partial charge in [0, 0.05) is 17.8 Å². The zero-order valence-electron chi connectivity index (χ0n) is 8.26. The summed E-state index contributed by atoms with van der Waals surface area (Å²) in [5.74, 6) is 0.635. The highest BCUT2D eigenvalue weighted by molar-refractivity contribution is 6.56. The Morgan fingerprint density at radius 3 is 2.60 bits per heavy atom. The second-order valence-corrected chi connectivity index (χ2v) is 5.35. The molecule has 0 heterocycles. The largest absolute Gasteiger partial charge is 0.494 e. The molecule has 0 radical (unpaired) electrons. The SMILES string of the molecule is Nc1cccc(OCCC[Si](O)(O)O)c1. The minimum absolute atomic E-state index is 0.0185. The molecule has 0 unspecified atom stereocenters. The molecule has 15 heavy (non-hydrogen) atoms. The molecule has 5 nitrogen and oxygen atoms in total. The van der Waals surface area contributed by atoms with Crippen LogP contribution in [0.25, 0.3) is 0 Å². The van der Waals surface area contributed by atoms with Gasteiger partial charge in [0.05, 0.1) is 6.61 Å². The fourth-order valence-corrected chi connectivity index (χ4v) is 1.72. The van der Waals surface area contributed by atoms with Gasteiger partial charge in [-0.15, -0.1) is 0 Å². The van der Waals surface area contributed by atoms with Crippen molar-refractivity contribution in [2.45, 2.75) is 12.5 Å². The first-order valence-corrected chi connectivity index (χ1v) is 6.68. The third-order valence-corrected chi connectivity index (χ3v) is 2.81. The second kappa shape index (κ2) is 5.13. The summed E-state index contributed by atoms with van der Waals surface area (Å²) in [6.07, 6.45) is 0.393. The first-order chi connectivity index (χ1) is 6.97. The monoisotopic (exact) mass is 229 g/mol. The van der Waals surface area contributed by atoms with Crippen molar-refractivity contribution in [3.05, 3.63) is 24.3 Å². The summed E-state index contributed by atoms with van der Waals surface area (Å²) in [5, 5.41) is 0. The Morgan fingerprint density at radius 1 is 1.27 bits per heavy atom. The van der Waals surface area contributed by atoms with E-state index in [4.69, 9.17) is 24.9 Å². The molecule has 0 fully saturated rings. The van der Waals surface area contributed by atoms with E-state index in [0.29, 0.717) is 24.5 Å². The molecule has 1 aromatic carbocycles. The molecule has 0 aromatic heterocycles. The first kappa shape index (κ1) is 12.0. The van der Waals surface area contributed by atoms with Gasteiger partial charge in [-0.25, -0.2) is 0 Å². The molecule has 1 aromatic rings. The molecular weight excluding hydrogens is 214 g/mol. The average molecular weight is 229 g/mol. The summed E-state index contributed by atoms with van der Waals surface area (Å²) >= 11 is 0. The molecule has 5 N–H and O–H groups in total. The molecule has 0 atom stereocenters. The smallest absolute Gasteiger partial charge is 0.492 e. The van der Waals surface area contributed by atoms with E-state index in [1.807, 2.05) is 0 Å². The molecule has 0 bridgehead atoms. The molecule has 0 aliphatic heterocycles. The maximum atomic E-state index is 8.73. The van der Waals surface area contributed by atoms with Crippen LogP contribution in [-0.4, -0.2) is 29.8 Å². The molecular formula is C9H15NO4Si. The predicted octanol–water partition coefficient (Wildman–Crippen LogP) is -0.0465. The van der Waals surface area contributed by atoms with Crippen LogP contribution in [0.15, 0.2) is 24.3 Å². The van der Waals surface area contributed by atoms with E-state index in [1.54, 1.807) is 24.3 Å². The predicted molar refractivity (Wildman–Crippen MR) is 58.2 cm³/mol. The van der Waals surface area contributed by atoms with E-state index < -0.39 is 8.80 Å². The summed E-state index contributed by atoms with van der Waals surface area (Å²) in [5.41, 5.74) is 6.15. The van der Waals surface area contributed by atoms with Crippen LogP contribution in [0.5, 0.6) is 5.75 Å². The van der Waals surface area contributed by atoms with Crippen molar-refractivity contribution in [3.8, 4) is 5.75 Å². The quantitative estimate of drug-likeness (QED) is 0.322. The number of rotatable bonds is 5. The molecule has 1 rings (SSSR count). The lowest BCUT2D eigenvalue weighted by Crippen LogP contribution is -2.34. The van der Waals surface area contributed by atoms with Gasteiger partial charge in [-0.2, -0.15) is 0 Å². The first-order valence-electron chi connectivity index (χ1n) is 4.63. The molecule has 84 valence electrons. The average Bonchev–Trinajstić information content (AvgIpc) is 2.11. The van der Waals surface area contributed by atoms with Gasteiger partial charge in [0.15, 0.2) is 0 Å². The van der Waals surface area contributed by atoms with Crippen molar-refractivity contribution in [3.63, 3.8) is 0 Å². The van der Waals surface area contributed by atoms with Gasteiger partial charge in [0.1, 0.15) is 5.75 Å². The number of hydrogen-bond acceptors (Lipinski definition) is 5. The molecule has 0 saturated carbocycles. The van der Waals surface area contributed by atoms with E-state index >= 15 is 0 Å². The van der Waals surface area contributed by atoms with Crippen LogP contribution in [0.1, 0.15) is 6.42 Å². The van der Waals surface area contributed by atoms with Gasteiger partial charge in [-0.1, -0.05) is 6.07 Å². The number of nitrogens with two attached hydrogens (primary N) is 1. The van der Waals surface area contributed by atoms with E-state index in [1.165, 1.54) is 0 Å². The topological polar surface area (TPSA) is 95.9 Å². The van der Waals surface area contributed by atoms with Crippen molar-refractivity contribution >= 4 is 14.5 Å². The lowest BCUT2D eigenvalue weighted by atomic mass is 10.3. The third kappa shape index (κ3) is 5.38. The van der Waals surface area contributed by atoms with Crippen LogP contribution in [-0.2, 0) is 0 Å². The second-order valence-electron chi connectivity index (χ2n) is 3.30. The molecule has 0 saturated heterocycles. The van der Waals surface area contributed by atoms with Gasteiger partial charge in [-0.05, 0) is 18.6 Å². The molecule has 0 spiro atoms. The maximum absolute atomic E-state index is 8.73. The Morgan fingerprint density at radius 2 is 2.00 bits per heavy atom. The van der Waals surface area contributed by atoms with Gasteiger partial charge in [-0.3, -0.25) is 0 Å². The Balaban J connectivity index is 2.26. The van der Waals surface area contributed by atoms with E-state index in [0.717, 1.165) is 0 Å². The lowest BCUT2D eigenvalue weighted by Gasteiger charge is -2.10. The molecule has 0 aliphatic carbocycles. The maximum Gasteiger partial charge on any atom is 0.492 e. The summed E-state index contributed by atoms with van der Waals surface area (Å²) in [6, 6.07) is 6.95. The summed E-state index contributed by atoms with van der Waals surface area (Å²) in [7, 11) is -3.91. The number of benzene rings is 1. The van der Waals surface area contributed by atoms with E-state index in [9.17, 15) is 0 Å². The summed E-state index contributed by atoms with van der Waals surface area (Å²) in [4.78, 5) is 26.2. The van der Waals surface area contributed by atoms with Crippen LogP contribution >= 0.6 is 0 Å². The van der Waals surface area contributed by atoms with Crippen molar-refractivity contribution < 1.29 is 19.1 Å². The van der Waals surface area contributed by atoms with E-state index in [-0.39, 0.29) is 6.04 Å². The lowest BCUT2D eigenvalue weighted by molar-refractivity contribution is 0.219. The summed E-state index contributed by atoms with van der Waals surface area (Å²) in [6.45, 7) is 0.319. The number of hydrogen-bond donors (Lipinski definition) is 4. The van der Waals surface area contributed by atoms with Crippen LogP contribution in [0, 0.1) is 0 Å². The van der Waals surface area contributed by atoms with Crippen molar-refractivity contribution in [2.75, 3.05) is 12.3 Å². The van der Waals surface area contributed by atoms with Crippen LogP contribution in [0.3, 0.4) is 0 Å². The van der Waals surface area contributed by atoms with E-state index in [2.05, 4.69) is 0 Å². The van der Waals surface area contributed by atoms with Gasteiger partial charge < -0.3 is 24.9 Å². The zero-order valence-corrected chi connectivity index (χ0v) is 9.26. The third-order valence-electron chi connectivity index (χ3n) is 1.78. The standard InChI is InChI=1S/C9H15NO4Si/c10-8-3-1-4-9(7-8)14-5-2-6-15(11,12)13/h1,3-4,7,11-13H,2,5-6,10H2. The Bertz CT molecular complexity index is 313. The van der Waals surface area contributed by atoms with Crippen LogP contribution in [0.2, 0.25) is 6.04 Å². The fourth-order valence-electron chi connectivity index (χ4n) is 1.10. The minimum atomic E-state index is -3.91. The number of anilines is 1. The number of ether oxygens (including phenoxy) is 1. The fraction of sp³-hybridized carbons (Fsp3) is 0.333. The van der Waals surface area contributed by atoms with Crippen LogP contribution in [0.4, 0.5) is 5.69 Å². The zero-order chi connectivity index (χ0) is 11.3. The van der Waals surface area contributed by atoms with Gasteiger partial charge in [0.2, 0.25) is 0 Å². The van der Waals surface area contributed by atoms with Crippen molar-refractivity contribution in [1.29, 1.82) is 0 Å². The Labute approximate surface area is 89.1 Å². The van der Waals surface area contributed by atoms with Crippen LogP contribution < -0.4 is 10.5 Å². The highest BCUT2D eigenvalue weighted by Crippen LogP contribution is 2.15. The van der Waals surface area contributed by atoms with Crippen molar-refractivity contribution in [1.82, 2.24) is 0 Å². The molecule has 6 heteroatoms. The normalized spacial score (nSPS) is 11.4. The Hall–Kier alpha value is -1.08. The van der Waals surface area contributed by atoms with Gasteiger partial charge in [0.25, 0.3) is 0 Å². The molecule has 0 aliphatic rings. The highest BCUT2D eigenvalue weighted by Gasteiger charge is 2.25. The highest BCUT2D eigenvalue weighted by atomic mass is 28.4.